The molecule has 6 nitrogen and oxygen atoms in total. The van der Waals surface area contributed by atoms with Crippen molar-refractivity contribution in [1.82, 2.24) is 0 Å². The van der Waals surface area contributed by atoms with E-state index in [1.165, 1.54) is 31.2 Å². The van der Waals surface area contributed by atoms with E-state index in [1.807, 2.05) is 13.8 Å². The Morgan fingerprint density at radius 1 is 0.966 bits per heavy atom. The number of halogens is 1. The van der Waals surface area contributed by atoms with Crippen molar-refractivity contribution in [3.8, 4) is 5.75 Å². The van der Waals surface area contributed by atoms with Gasteiger partial charge in [0, 0.05) is 17.7 Å². The van der Waals surface area contributed by atoms with E-state index in [-0.39, 0.29) is 17.6 Å². The fourth-order valence-corrected chi connectivity index (χ4v) is 2.43. The topological polar surface area (TPSA) is 81.7 Å². The summed E-state index contributed by atoms with van der Waals surface area (Å²) in [6.45, 7) is 4.95. The van der Waals surface area contributed by atoms with Gasteiger partial charge in [0.1, 0.15) is 11.6 Å². The van der Waals surface area contributed by atoms with Crippen molar-refractivity contribution in [3.05, 3.63) is 59.9 Å². The maximum absolute atomic E-state index is 12.9. The van der Waals surface area contributed by atoms with E-state index in [1.54, 1.807) is 24.3 Å². The molecule has 154 valence electrons. The van der Waals surface area contributed by atoms with Crippen LogP contribution < -0.4 is 10.1 Å². The highest BCUT2D eigenvalue weighted by Gasteiger charge is 2.18. The van der Waals surface area contributed by atoms with E-state index >= 15 is 0 Å². The molecule has 2 aromatic carbocycles. The lowest BCUT2D eigenvalue weighted by Gasteiger charge is -2.13. The van der Waals surface area contributed by atoms with Gasteiger partial charge in [-0.25, -0.2) is 9.18 Å². The molecule has 0 radical (unpaired) electrons. The molecule has 1 amide bonds. The van der Waals surface area contributed by atoms with Crippen molar-refractivity contribution in [1.29, 1.82) is 0 Å². The first-order chi connectivity index (χ1) is 13.7. The van der Waals surface area contributed by atoms with Crippen molar-refractivity contribution in [2.45, 2.75) is 33.3 Å². The molecule has 0 saturated carbocycles. The number of esters is 1. The number of amides is 1. The second-order valence-electron chi connectivity index (χ2n) is 6.97. The molecule has 0 aromatic heterocycles. The first kappa shape index (κ1) is 22.1. The number of nitrogens with one attached hydrogen (secondary N) is 1. The number of ether oxygens (including phenoxy) is 2. The summed E-state index contributed by atoms with van der Waals surface area (Å²) in [5.74, 6) is -1.03. The van der Waals surface area contributed by atoms with Crippen LogP contribution >= 0.6 is 0 Å². The number of carbonyl (C=O) groups is 3. The summed E-state index contributed by atoms with van der Waals surface area (Å²) in [6, 6.07) is 11.6. The molecule has 0 fully saturated rings. The third kappa shape index (κ3) is 7.37. The van der Waals surface area contributed by atoms with Crippen LogP contribution in [0.3, 0.4) is 0 Å². The minimum atomic E-state index is -0.952. The Labute approximate surface area is 169 Å². The van der Waals surface area contributed by atoms with Gasteiger partial charge in [-0.2, -0.15) is 0 Å². The Hall–Kier alpha value is -3.22. The molecule has 0 heterocycles. The Kier molecular flexibility index (Phi) is 7.88. The van der Waals surface area contributed by atoms with Gasteiger partial charge in [0.25, 0.3) is 0 Å². The maximum atomic E-state index is 12.9. The van der Waals surface area contributed by atoms with E-state index in [9.17, 15) is 18.8 Å². The molecule has 29 heavy (non-hydrogen) atoms. The van der Waals surface area contributed by atoms with Crippen LogP contribution in [-0.4, -0.2) is 30.4 Å². The first-order valence-corrected chi connectivity index (χ1v) is 9.26. The van der Waals surface area contributed by atoms with E-state index in [2.05, 4.69) is 5.32 Å². The van der Waals surface area contributed by atoms with Crippen molar-refractivity contribution >= 4 is 23.3 Å². The largest absolute Gasteiger partial charge is 0.479 e. The first-order valence-electron chi connectivity index (χ1n) is 9.26. The molecule has 7 heteroatoms. The monoisotopic (exact) mass is 401 g/mol. The van der Waals surface area contributed by atoms with Gasteiger partial charge in [-0.15, -0.1) is 0 Å². The minimum Gasteiger partial charge on any atom is -0.479 e. The number of hydrogen-bond acceptors (Lipinski definition) is 5. The third-order valence-electron chi connectivity index (χ3n) is 3.89. The highest BCUT2D eigenvalue weighted by molar-refractivity contribution is 5.99. The van der Waals surface area contributed by atoms with Crippen molar-refractivity contribution in [2.24, 2.45) is 5.92 Å². The molecule has 2 aromatic rings. The Morgan fingerprint density at radius 2 is 1.59 bits per heavy atom. The van der Waals surface area contributed by atoms with Gasteiger partial charge < -0.3 is 14.8 Å². The zero-order chi connectivity index (χ0) is 21.4. The third-order valence-corrected chi connectivity index (χ3v) is 3.89. The molecule has 1 atom stereocenters. The maximum Gasteiger partial charge on any atom is 0.347 e. The van der Waals surface area contributed by atoms with Gasteiger partial charge in [0.2, 0.25) is 5.91 Å². The number of hydrogen-bond donors (Lipinski definition) is 1. The quantitative estimate of drug-likeness (QED) is 0.507. The highest BCUT2D eigenvalue weighted by Crippen LogP contribution is 2.14. The molecule has 0 aliphatic heterocycles. The van der Waals surface area contributed by atoms with Crippen LogP contribution in [0.5, 0.6) is 5.75 Å². The lowest BCUT2D eigenvalue weighted by Crippen LogP contribution is -2.28. The van der Waals surface area contributed by atoms with Gasteiger partial charge in [-0.1, -0.05) is 13.8 Å². The van der Waals surface area contributed by atoms with Crippen molar-refractivity contribution < 1.29 is 28.2 Å². The van der Waals surface area contributed by atoms with E-state index in [0.29, 0.717) is 23.4 Å². The number of anilines is 1. The number of benzene rings is 2. The fourth-order valence-electron chi connectivity index (χ4n) is 2.43. The Balaban J connectivity index is 1.82. The SMILES string of the molecule is CC(C)CC(=O)Nc1ccc(C(=O)COC(=O)[C@@H](C)Oc2ccc(F)cc2)cc1. The fraction of sp³-hybridized carbons (Fsp3) is 0.318. The summed E-state index contributed by atoms with van der Waals surface area (Å²) in [5, 5.41) is 2.76. The molecule has 0 aliphatic carbocycles. The summed E-state index contributed by atoms with van der Waals surface area (Å²) in [4.78, 5) is 36.0. The average Bonchev–Trinajstić information content (AvgIpc) is 2.67. The highest BCUT2D eigenvalue weighted by atomic mass is 19.1. The van der Waals surface area contributed by atoms with Gasteiger partial charge >= 0.3 is 5.97 Å². The number of ketones is 1. The molecular weight excluding hydrogens is 377 g/mol. The second kappa shape index (κ2) is 10.4. The van der Waals surface area contributed by atoms with Crippen LogP contribution in [0.1, 0.15) is 37.6 Å². The molecule has 0 unspecified atom stereocenters. The summed E-state index contributed by atoms with van der Waals surface area (Å²) < 4.78 is 23.2. The van der Waals surface area contributed by atoms with Crippen LogP contribution in [0.4, 0.5) is 10.1 Å². The Morgan fingerprint density at radius 3 is 2.17 bits per heavy atom. The second-order valence-corrected chi connectivity index (χ2v) is 6.97. The van der Waals surface area contributed by atoms with Crippen molar-refractivity contribution in [2.75, 3.05) is 11.9 Å². The molecule has 0 bridgehead atoms. The number of carbonyl (C=O) groups excluding carboxylic acids is 3. The molecule has 0 spiro atoms. The van der Waals surface area contributed by atoms with E-state index < -0.39 is 24.5 Å². The van der Waals surface area contributed by atoms with Crippen LogP contribution in [0, 0.1) is 11.7 Å². The normalized spacial score (nSPS) is 11.6. The lowest BCUT2D eigenvalue weighted by molar-refractivity contribution is -0.149. The standard InChI is InChI=1S/C22H24FNO5/c1-14(2)12-21(26)24-18-8-4-16(5-9-18)20(25)13-28-22(27)15(3)29-19-10-6-17(23)7-11-19/h4-11,14-15H,12-13H2,1-3H3,(H,24,26)/t15-/m1/s1. The predicted octanol–water partition coefficient (Wildman–Crippen LogP) is 4.00. The van der Waals surface area contributed by atoms with Crippen LogP contribution in [0.25, 0.3) is 0 Å². The minimum absolute atomic E-state index is 0.0943. The van der Waals surface area contributed by atoms with Gasteiger partial charge in [0.15, 0.2) is 18.5 Å². The summed E-state index contributed by atoms with van der Waals surface area (Å²) in [7, 11) is 0. The molecule has 2 rings (SSSR count). The van der Waals surface area contributed by atoms with Crippen LogP contribution in [0.15, 0.2) is 48.5 Å². The Bertz CT molecular complexity index is 847. The summed E-state index contributed by atoms with van der Waals surface area (Å²) >= 11 is 0. The van der Waals surface area contributed by atoms with Gasteiger partial charge in [-0.3, -0.25) is 9.59 Å². The zero-order valence-corrected chi connectivity index (χ0v) is 16.6. The zero-order valence-electron chi connectivity index (χ0n) is 16.6. The van der Waals surface area contributed by atoms with Crippen molar-refractivity contribution in [3.63, 3.8) is 0 Å². The number of rotatable bonds is 9. The smallest absolute Gasteiger partial charge is 0.347 e. The molecule has 0 aliphatic rings. The van der Waals surface area contributed by atoms with E-state index in [4.69, 9.17) is 9.47 Å². The van der Waals surface area contributed by atoms with E-state index in [0.717, 1.165) is 0 Å². The summed E-state index contributed by atoms with van der Waals surface area (Å²) in [5.41, 5.74) is 0.942. The van der Waals surface area contributed by atoms with Crippen LogP contribution in [-0.2, 0) is 14.3 Å². The van der Waals surface area contributed by atoms with Gasteiger partial charge in [0.05, 0.1) is 0 Å². The number of Topliss-reactive ketones (excluding diaryl/α,β-unsaturated/α-hetero) is 1. The van der Waals surface area contributed by atoms with Gasteiger partial charge in [-0.05, 0) is 61.4 Å². The summed E-state index contributed by atoms with van der Waals surface area (Å²) in [6.07, 6.45) is -0.541. The molecular formula is C22H24FNO5. The molecule has 0 saturated heterocycles. The molecule has 1 N–H and O–H groups in total. The predicted molar refractivity (Wildman–Crippen MR) is 106 cm³/mol. The lowest BCUT2D eigenvalue weighted by atomic mass is 10.1. The average molecular weight is 401 g/mol. The van der Waals surface area contributed by atoms with Crippen LogP contribution in [0.2, 0.25) is 0 Å².